The van der Waals surface area contributed by atoms with Crippen LogP contribution in [0, 0.1) is 0 Å². The van der Waals surface area contributed by atoms with Crippen molar-refractivity contribution >= 4 is 22.8 Å². The number of primary amides is 1. The normalized spacial score (nSPS) is 15.4. The Morgan fingerprint density at radius 2 is 2.14 bits per heavy atom. The summed E-state index contributed by atoms with van der Waals surface area (Å²) in [5.74, 6) is 0.952. The Labute approximate surface area is 163 Å². The third kappa shape index (κ3) is 3.97. The van der Waals surface area contributed by atoms with Gasteiger partial charge < -0.3 is 26.3 Å². The molecule has 0 saturated carbocycles. The Kier molecular flexibility index (Phi) is 5.50. The molecule has 146 valence electrons. The van der Waals surface area contributed by atoms with Gasteiger partial charge in [-0.1, -0.05) is 6.07 Å². The number of rotatable bonds is 6. The molecule has 1 aromatic carbocycles. The van der Waals surface area contributed by atoms with Gasteiger partial charge in [-0.05, 0) is 43.8 Å². The minimum Gasteiger partial charge on any atom is -0.368 e. The number of hydrogen-bond donors (Lipinski definition) is 4. The first-order chi connectivity index (χ1) is 13.7. The van der Waals surface area contributed by atoms with Crippen molar-refractivity contribution < 1.29 is 4.79 Å². The van der Waals surface area contributed by atoms with Crippen LogP contribution >= 0.6 is 0 Å². The number of amides is 1. The lowest BCUT2D eigenvalue weighted by atomic mass is 10.2. The Balaban J connectivity index is 1.53. The lowest BCUT2D eigenvalue weighted by Crippen LogP contribution is -2.32. The summed E-state index contributed by atoms with van der Waals surface area (Å²) in [5, 5.41) is 6.86. The number of carbonyl (C=O) groups is 1. The minimum atomic E-state index is -0.486. The number of fused-ring (bicyclic) bond motifs is 1. The number of carbonyl (C=O) groups excluding carboxylic acids is 1. The van der Waals surface area contributed by atoms with Gasteiger partial charge in [0.1, 0.15) is 17.2 Å². The van der Waals surface area contributed by atoms with Crippen LogP contribution in [0.5, 0.6) is 0 Å². The van der Waals surface area contributed by atoms with Crippen LogP contribution in [-0.4, -0.2) is 65.0 Å². The summed E-state index contributed by atoms with van der Waals surface area (Å²) in [6, 6.07) is 9.21. The molecule has 1 fully saturated rings. The fourth-order valence-electron chi connectivity index (χ4n) is 3.55. The third-order valence-corrected chi connectivity index (χ3v) is 4.99. The number of pyridine rings is 1. The summed E-state index contributed by atoms with van der Waals surface area (Å²) in [6.45, 7) is 6.07. The molecule has 1 aliphatic heterocycles. The number of imidazole rings is 1. The number of H-pyrrole nitrogens is 1. The molecule has 3 heterocycles. The molecular formula is C20H25N7O. The van der Waals surface area contributed by atoms with Gasteiger partial charge in [0.25, 0.3) is 5.91 Å². The maximum absolute atomic E-state index is 11.7. The molecule has 0 atom stereocenters. The van der Waals surface area contributed by atoms with Crippen LogP contribution in [0.4, 0.5) is 5.82 Å². The highest BCUT2D eigenvalue weighted by molar-refractivity contribution is 6.04. The van der Waals surface area contributed by atoms with Gasteiger partial charge in [-0.15, -0.1) is 0 Å². The highest BCUT2D eigenvalue weighted by Crippen LogP contribution is 2.27. The van der Waals surface area contributed by atoms with Crippen LogP contribution in [0.25, 0.3) is 22.4 Å². The highest BCUT2D eigenvalue weighted by Gasteiger charge is 2.15. The van der Waals surface area contributed by atoms with Crippen LogP contribution < -0.4 is 16.4 Å². The molecular weight excluding hydrogens is 354 g/mol. The largest absolute Gasteiger partial charge is 0.368 e. The zero-order valence-corrected chi connectivity index (χ0v) is 15.7. The van der Waals surface area contributed by atoms with Crippen LogP contribution in [0.15, 0.2) is 36.5 Å². The van der Waals surface area contributed by atoms with Crippen molar-refractivity contribution in [2.75, 3.05) is 44.6 Å². The second kappa shape index (κ2) is 8.37. The van der Waals surface area contributed by atoms with E-state index in [1.54, 1.807) is 18.3 Å². The quantitative estimate of drug-likeness (QED) is 0.515. The summed E-state index contributed by atoms with van der Waals surface area (Å²) in [5.41, 5.74) is 8.11. The van der Waals surface area contributed by atoms with Gasteiger partial charge in [-0.2, -0.15) is 0 Å². The molecule has 4 rings (SSSR count). The molecule has 1 amide bonds. The Hall–Kier alpha value is -2.97. The first kappa shape index (κ1) is 18.4. The van der Waals surface area contributed by atoms with Gasteiger partial charge in [0.2, 0.25) is 0 Å². The van der Waals surface area contributed by atoms with E-state index in [2.05, 4.69) is 30.5 Å². The maximum Gasteiger partial charge on any atom is 0.250 e. The van der Waals surface area contributed by atoms with E-state index in [-0.39, 0.29) is 0 Å². The zero-order chi connectivity index (χ0) is 19.3. The summed E-state index contributed by atoms with van der Waals surface area (Å²) < 4.78 is 0. The molecule has 0 spiro atoms. The van der Waals surface area contributed by atoms with Crippen molar-refractivity contribution in [1.29, 1.82) is 0 Å². The van der Waals surface area contributed by atoms with Gasteiger partial charge in [0, 0.05) is 32.4 Å². The van der Waals surface area contributed by atoms with Crippen molar-refractivity contribution in [2.45, 2.75) is 6.42 Å². The lowest BCUT2D eigenvalue weighted by molar-refractivity contribution is 0.100. The number of anilines is 1. The van der Waals surface area contributed by atoms with Crippen molar-refractivity contribution in [2.24, 2.45) is 5.73 Å². The fraction of sp³-hybridized carbons (Fsp3) is 0.350. The predicted molar refractivity (Wildman–Crippen MR) is 110 cm³/mol. The van der Waals surface area contributed by atoms with E-state index in [1.807, 2.05) is 18.2 Å². The number of para-hydroxylation sites is 1. The summed E-state index contributed by atoms with van der Waals surface area (Å²) in [6.07, 6.45) is 2.94. The number of nitrogens with zero attached hydrogens (tertiary/aromatic N) is 3. The van der Waals surface area contributed by atoms with Crippen LogP contribution in [0.3, 0.4) is 0 Å². The van der Waals surface area contributed by atoms with Crippen molar-refractivity contribution in [3.05, 3.63) is 42.1 Å². The summed E-state index contributed by atoms with van der Waals surface area (Å²) in [4.78, 5) is 26.5. The molecule has 8 nitrogen and oxygen atoms in total. The number of aromatic nitrogens is 3. The lowest BCUT2D eigenvalue weighted by Gasteiger charge is -2.20. The number of nitrogens with two attached hydrogens (primary N) is 1. The molecule has 5 N–H and O–H groups in total. The van der Waals surface area contributed by atoms with Crippen LogP contribution in [-0.2, 0) is 0 Å². The topological polar surface area (TPSA) is 112 Å². The van der Waals surface area contributed by atoms with Gasteiger partial charge in [-0.25, -0.2) is 9.97 Å². The van der Waals surface area contributed by atoms with Crippen molar-refractivity contribution in [3.63, 3.8) is 0 Å². The number of nitrogens with one attached hydrogen (secondary N) is 3. The third-order valence-electron chi connectivity index (χ3n) is 4.99. The molecule has 28 heavy (non-hydrogen) atoms. The molecule has 0 radical (unpaired) electrons. The van der Waals surface area contributed by atoms with E-state index in [1.165, 1.54) is 6.42 Å². The van der Waals surface area contributed by atoms with Gasteiger partial charge >= 0.3 is 0 Å². The molecule has 0 aliphatic carbocycles. The maximum atomic E-state index is 11.7. The predicted octanol–water partition coefficient (Wildman–Crippen LogP) is 1.43. The van der Waals surface area contributed by atoms with Crippen LogP contribution in [0.2, 0.25) is 0 Å². The van der Waals surface area contributed by atoms with Gasteiger partial charge in [0.05, 0.1) is 16.6 Å². The Morgan fingerprint density at radius 3 is 3.04 bits per heavy atom. The van der Waals surface area contributed by atoms with E-state index in [0.717, 1.165) is 56.2 Å². The molecule has 2 aromatic heterocycles. The number of aromatic amines is 1. The first-order valence-electron chi connectivity index (χ1n) is 9.63. The second-order valence-corrected chi connectivity index (χ2v) is 6.92. The Bertz CT molecular complexity index is 960. The highest BCUT2D eigenvalue weighted by atomic mass is 16.1. The summed E-state index contributed by atoms with van der Waals surface area (Å²) in [7, 11) is 0. The second-order valence-electron chi connectivity index (χ2n) is 6.92. The van der Waals surface area contributed by atoms with E-state index in [4.69, 9.17) is 5.73 Å². The molecule has 0 unspecified atom stereocenters. The zero-order valence-electron chi connectivity index (χ0n) is 15.7. The smallest absolute Gasteiger partial charge is 0.250 e. The number of hydrogen-bond acceptors (Lipinski definition) is 6. The molecule has 8 heteroatoms. The van der Waals surface area contributed by atoms with E-state index < -0.39 is 5.91 Å². The van der Waals surface area contributed by atoms with Gasteiger partial charge in [0.15, 0.2) is 0 Å². The van der Waals surface area contributed by atoms with Crippen molar-refractivity contribution in [3.8, 4) is 11.4 Å². The summed E-state index contributed by atoms with van der Waals surface area (Å²) >= 11 is 0. The van der Waals surface area contributed by atoms with E-state index in [0.29, 0.717) is 16.9 Å². The SMILES string of the molecule is NC(=O)c1cccc2[nH]c(-c3cccnc3NCCN3CCCNCC3)nc12. The fourth-order valence-corrected chi connectivity index (χ4v) is 3.55. The Morgan fingerprint density at radius 1 is 1.21 bits per heavy atom. The molecule has 0 bridgehead atoms. The average Bonchev–Trinajstić information content (AvgIpc) is 2.97. The monoisotopic (exact) mass is 379 g/mol. The van der Waals surface area contributed by atoms with Crippen LogP contribution in [0.1, 0.15) is 16.8 Å². The average molecular weight is 379 g/mol. The van der Waals surface area contributed by atoms with E-state index >= 15 is 0 Å². The molecule has 3 aromatic rings. The number of benzene rings is 1. The molecule has 1 saturated heterocycles. The van der Waals surface area contributed by atoms with Gasteiger partial charge in [-0.3, -0.25) is 4.79 Å². The minimum absolute atomic E-state index is 0.410. The molecule has 1 aliphatic rings. The van der Waals surface area contributed by atoms with Crippen molar-refractivity contribution in [1.82, 2.24) is 25.2 Å². The van der Waals surface area contributed by atoms with E-state index in [9.17, 15) is 4.79 Å². The first-order valence-corrected chi connectivity index (χ1v) is 9.63. The standard InChI is InChI=1S/C20H25N7O/c21-18(28)14-4-1-6-16-17(14)26-20(25-16)15-5-2-8-23-19(15)24-10-13-27-11-3-7-22-9-12-27/h1-2,4-6,8,22H,3,7,9-13H2,(H2,21,28)(H,23,24)(H,25,26).